The number of likely N-dealkylation sites (N-methyl/N-ethyl adjacent to an activating group) is 1. The summed E-state index contributed by atoms with van der Waals surface area (Å²) in [6.45, 7) is 1.10. The Hall–Kier alpha value is -2.26. The van der Waals surface area contributed by atoms with E-state index in [9.17, 15) is 19.7 Å². The van der Waals surface area contributed by atoms with Crippen LogP contribution in [0.4, 0.5) is 0 Å². The van der Waals surface area contributed by atoms with Gasteiger partial charge in [-0.1, -0.05) is 6.07 Å². The van der Waals surface area contributed by atoms with Gasteiger partial charge in [-0.15, -0.1) is 0 Å². The minimum absolute atomic E-state index is 0.0206. The average molecular weight is 334 g/mol. The molecule has 2 aliphatic rings. The number of aromatic carboxylic acids is 1. The highest BCUT2D eigenvalue weighted by Crippen LogP contribution is 2.37. The molecule has 3 N–H and O–H groups in total. The summed E-state index contributed by atoms with van der Waals surface area (Å²) in [5, 5.41) is 21.9. The van der Waals surface area contributed by atoms with E-state index >= 15 is 0 Å². The summed E-state index contributed by atoms with van der Waals surface area (Å²) in [6.07, 6.45) is 0.722. The Kier molecular flexibility index (Phi) is 4.63. The van der Waals surface area contributed by atoms with Crippen molar-refractivity contribution in [2.45, 2.75) is 18.8 Å². The summed E-state index contributed by atoms with van der Waals surface area (Å²) in [7, 11) is 0.691. The lowest BCUT2D eigenvalue weighted by molar-refractivity contribution is -0.138. The standard InChI is InChI=1S/C15H19BN2O6/c1-17-6-12(19)18-7-10(8-18)23-11-3-2-9-4-5-16(22)24-14(9)13(11)15(20)21/h2-3,10,17,22H,4-8H2,1H3,(H,20,21). The van der Waals surface area contributed by atoms with E-state index in [1.54, 1.807) is 24.1 Å². The second-order valence-electron chi connectivity index (χ2n) is 5.91. The minimum Gasteiger partial charge on any atom is -0.535 e. The van der Waals surface area contributed by atoms with Gasteiger partial charge >= 0.3 is 13.1 Å². The van der Waals surface area contributed by atoms with Crippen LogP contribution in [-0.4, -0.2) is 66.8 Å². The van der Waals surface area contributed by atoms with Gasteiger partial charge in [-0.25, -0.2) is 4.79 Å². The van der Waals surface area contributed by atoms with Crippen molar-refractivity contribution in [1.82, 2.24) is 10.2 Å². The van der Waals surface area contributed by atoms with Crippen LogP contribution in [0.15, 0.2) is 12.1 Å². The van der Waals surface area contributed by atoms with Gasteiger partial charge in [0.15, 0.2) is 0 Å². The van der Waals surface area contributed by atoms with Crippen molar-refractivity contribution >= 4 is 19.0 Å². The fourth-order valence-electron chi connectivity index (χ4n) is 2.87. The van der Waals surface area contributed by atoms with Crippen LogP contribution in [0, 0.1) is 0 Å². The van der Waals surface area contributed by atoms with Gasteiger partial charge in [-0.05, 0) is 31.4 Å². The number of likely N-dealkylation sites (tertiary alicyclic amines) is 1. The fourth-order valence-corrected chi connectivity index (χ4v) is 2.87. The summed E-state index contributed by atoms with van der Waals surface area (Å²) in [5.41, 5.74) is 0.663. The van der Waals surface area contributed by atoms with Gasteiger partial charge in [0.25, 0.3) is 0 Å². The lowest BCUT2D eigenvalue weighted by Crippen LogP contribution is -2.57. The normalized spacial score (nSPS) is 16.9. The zero-order chi connectivity index (χ0) is 17.3. The van der Waals surface area contributed by atoms with E-state index in [1.807, 2.05) is 0 Å². The Balaban J connectivity index is 1.74. The van der Waals surface area contributed by atoms with Crippen molar-refractivity contribution in [3.05, 3.63) is 23.3 Å². The van der Waals surface area contributed by atoms with Crippen LogP contribution in [0.1, 0.15) is 15.9 Å². The van der Waals surface area contributed by atoms with Crippen molar-refractivity contribution < 1.29 is 29.1 Å². The predicted molar refractivity (Wildman–Crippen MR) is 85.4 cm³/mol. The Bertz CT molecular complexity index is 662. The zero-order valence-electron chi connectivity index (χ0n) is 13.3. The number of aryl methyl sites for hydroxylation is 1. The molecule has 1 fully saturated rings. The van der Waals surface area contributed by atoms with Crippen LogP contribution in [0.3, 0.4) is 0 Å². The number of carboxylic acids is 1. The molecule has 0 aliphatic carbocycles. The monoisotopic (exact) mass is 334 g/mol. The maximum atomic E-state index is 11.7. The molecule has 1 saturated heterocycles. The van der Waals surface area contributed by atoms with Crippen LogP contribution in [0.2, 0.25) is 6.32 Å². The third kappa shape index (κ3) is 3.18. The second kappa shape index (κ2) is 6.70. The number of nitrogens with zero attached hydrogens (tertiary/aromatic N) is 1. The third-order valence-electron chi connectivity index (χ3n) is 4.15. The predicted octanol–water partition coefficient (Wildman–Crippen LogP) is -0.391. The summed E-state index contributed by atoms with van der Waals surface area (Å²) in [6, 6.07) is 3.37. The lowest BCUT2D eigenvalue weighted by atomic mass is 9.78. The van der Waals surface area contributed by atoms with E-state index < -0.39 is 13.1 Å². The van der Waals surface area contributed by atoms with E-state index in [2.05, 4.69) is 5.32 Å². The van der Waals surface area contributed by atoms with Crippen LogP contribution < -0.4 is 14.7 Å². The number of carbonyl (C=O) groups excluding carboxylic acids is 1. The molecule has 0 saturated carbocycles. The first kappa shape index (κ1) is 16.6. The largest absolute Gasteiger partial charge is 0.535 e. The molecule has 0 atom stereocenters. The number of carbonyl (C=O) groups is 2. The van der Waals surface area contributed by atoms with Crippen LogP contribution in [0.25, 0.3) is 0 Å². The number of fused-ring (bicyclic) bond motifs is 1. The van der Waals surface area contributed by atoms with Gasteiger partial charge in [0.1, 0.15) is 23.2 Å². The zero-order valence-corrected chi connectivity index (χ0v) is 13.3. The molecule has 9 heteroatoms. The van der Waals surface area contributed by atoms with Gasteiger partial charge in [0.05, 0.1) is 19.6 Å². The quantitative estimate of drug-likeness (QED) is 0.629. The van der Waals surface area contributed by atoms with E-state index in [-0.39, 0.29) is 35.6 Å². The molecule has 0 unspecified atom stereocenters. The Morgan fingerprint density at radius 2 is 2.21 bits per heavy atom. The van der Waals surface area contributed by atoms with Crippen molar-refractivity contribution in [2.75, 3.05) is 26.7 Å². The third-order valence-corrected chi connectivity index (χ3v) is 4.15. The van der Waals surface area contributed by atoms with E-state index in [1.165, 1.54) is 0 Å². The number of nitrogens with one attached hydrogen (secondary N) is 1. The molecule has 0 spiro atoms. The first-order chi connectivity index (χ1) is 11.5. The molecule has 2 heterocycles. The first-order valence-corrected chi connectivity index (χ1v) is 7.82. The fraction of sp³-hybridized carbons (Fsp3) is 0.467. The molecule has 24 heavy (non-hydrogen) atoms. The number of amides is 1. The van der Waals surface area contributed by atoms with Crippen molar-refractivity contribution in [1.29, 1.82) is 0 Å². The highest BCUT2D eigenvalue weighted by molar-refractivity contribution is 6.44. The molecule has 0 bridgehead atoms. The summed E-state index contributed by atoms with van der Waals surface area (Å²) in [4.78, 5) is 25.0. The van der Waals surface area contributed by atoms with E-state index in [0.29, 0.717) is 25.8 Å². The summed E-state index contributed by atoms with van der Waals surface area (Å²) >= 11 is 0. The SMILES string of the molecule is CNCC(=O)N1CC(Oc2ccc3c(c2C(=O)O)OB(O)CC3)C1. The highest BCUT2D eigenvalue weighted by Gasteiger charge is 2.35. The smallest absolute Gasteiger partial charge is 0.522 e. The van der Waals surface area contributed by atoms with Crippen molar-refractivity contribution in [3.63, 3.8) is 0 Å². The molecule has 1 amide bonds. The molecule has 2 aliphatic heterocycles. The Morgan fingerprint density at radius 3 is 2.88 bits per heavy atom. The highest BCUT2D eigenvalue weighted by atomic mass is 16.5. The molecule has 8 nitrogen and oxygen atoms in total. The molecule has 1 aromatic carbocycles. The molecule has 0 radical (unpaired) electrons. The Morgan fingerprint density at radius 1 is 1.46 bits per heavy atom. The first-order valence-electron chi connectivity index (χ1n) is 7.82. The van der Waals surface area contributed by atoms with Gasteiger partial charge in [-0.3, -0.25) is 4.79 Å². The second-order valence-corrected chi connectivity index (χ2v) is 5.91. The van der Waals surface area contributed by atoms with Gasteiger partial charge in [0, 0.05) is 0 Å². The maximum absolute atomic E-state index is 11.7. The number of carboxylic acid groups (broad SMARTS) is 1. The van der Waals surface area contributed by atoms with Gasteiger partial charge in [0.2, 0.25) is 5.91 Å². The summed E-state index contributed by atoms with van der Waals surface area (Å²) in [5.74, 6) is -0.826. The van der Waals surface area contributed by atoms with Crippen LogP contribution >= 0.6 is 0 Å². The molecule has 3 rings (SSSR count). The Labute approximate surface area is 139 Å². The van der Waals surface area contributed by atoms with Gasteiger partial charge < -0.3 is 29.7 Å². The maximum Gasteiger partial charge on any atom is 0.522 e. The number of hydrogen-bond acceptors (Lipinski definition) is 6. The molecular weight excluding hydrogens is 315 g/mol. The molecule has 1 aromatic rings. The molecule has 128 valence electrons. The number of benzene rings is 1. The number of ether oxygens (including phenoxy) is 1. The average Bonchev–Trinajstić information content (AvgIpc) is 2.49. The lowest BCUT2D eigenvalue weighted by Gasteiger charge is -2.39. The summed E-state index contributed by atoms with van der Waals surface area (Å²) < 4.78 is 11.1. The minimum atomic E-state index is -1.17. The molecular formula is C15H19BN2O6. The van der Waals surface area contributed by atoms with Crippen LogP contribution in [0.5, 0.6) is 11.5 Å². The van der Waals surface area contributed by atoms with Crippen molar-refractivity contribution in [3.8, 4) is 11.5 Å². The van der Waals surface area contributed by atoms with Crippen LogP contribution in [-0.2, 0) is 11.2 Å². The number of rotatable bonds is 5. The van der Waals surface area contributed by atoms with Gasteiger partial charge in [-0.2, -0.15) is 0 Å². The molecule has 0 aromatic heterocycles. The number of hydrogen-bond donors (Lipinski definition) is 3. The van der Waals surface area contributed by atoms with Crippen molar-refractivity contribution in [2.24, 2.45) is 0 Å². The van der Waals surface area contributed by atoms with E-state index in [4.69, 9.17) is 9.39 Å². The van der Waals surface area contributed by atoms with E-state index in [0.717, 1.165) is 5.56 Å². The topological polar surface area (TPSA) is 108 Å².